The van der Waals surface area contributed by atoms with Crippen LogP contribution in [-0.4, -0.2) is 15.7 Å². The topological polar surface area (TPSA) is 46.9 Å². The third kappa shape index (κ3) is 3.76. The molecule has 134 valence electrons. The number of carbonyl (C=O) groups excluding carboxylic acids is 1. The molecule has 0 unspecified atom stereocenters. The second kappa shape index (κ2) is 7.52. The summed E-state index contributed by atoms with van der Waals surface area (Å²) in [7, 11) is 0. The fraction of sp³-hybridized carbons (Fsp3) is 0.200. The molecular formula is C20H19Cl2N3O. The van der Waals surface area contributed by atoms with Gasteiger partial charge < -0.3 is 5.32 Å². The Labute approximate surface area is 162 Å². The van der Waals surface area contributed by atoms with Gasteiger partial charge in [0.2, 0.25) is 0 Å². The van der Waals surface area contributed by atoms with Gasteiger partial charge in [-0.05, 0) is 50.1 Å². The fourth-order valence-electron chi connectivity index (χ4n) is 2.87. The van der Waals surface area contributed by atoms with Crippen LogP contribution < -0.4 is 5.32 Å². The van der Waals surface area contributed by atoms with Gasteiger partial charge in [-0.2, -0.15) is 5.10 Å². The summed E-state index contributed by atoms with van der Waals surface area (Å²) in [5, 5.41) is 8.57. The monoisotopic (exact) mass is 387 g/mol. The van der Waals surface area contributed by atoms with Gasteiger partial charge in [-0.1, -0.05) is 47.5 Å². The Morgan fingerprint density at radius 1 is 1.08 bits per heavy atom. The minimum Gasteiger partial charge on any atom is -0.321 e. The van der Waals surface area contributed by atoms with Crippen molar-refractivity contribution in [2.45, 2.75) is 27.3 Å². The first-order valence-corrected chi connectivity index (χ1v) is 8.97. The van der Waals surface area contributed by atoms with Crippen LogP contribution >= 0.6 is 23.2 Å². The molecule has 26 heavy (non-hydrogen) atoms. The van der Waals surface area contributed by atoms with Gasteiger partial charge in [0, 0.05) is 10.7 Å². The fourth-order valence-corrected chi connectivity index (χ4v) is 3.35. The van der Waals surface area contributed by atoms with Crippen LogP contribution in [0.3, 0.4) is 0 Å². The van der Waals surface area contributed by atoms with E-state index in [1.807, 2.05) is 57.2 Å². The van der Waals surface area contributed by atoms with E-state index in [1.165, 1.54) is 0 Å². The van der Waals surface area contributed by atoms with E-state index < -0.39 is 0 Å². The number of amides is 1. The van der Waals surface area contributed by atoms with Gasteiger partial charge in [-0.25, -0.2) is 0 Å². The molecule has 0 atom stereocenters. The molecule has 1 N–H and O–H groups in total. The summed E-state index contributed by atoms with van der Waals surface area (Å²) in [6.45, 7) is 6.15. The summed E-state index contributed by atoms with van der Waals surface area (Å²) in [5.41, 5.74) is 4.56. The lowest BCUT2D eigenvalue weighted by Gasteiger charge is -2.09. The molecule has 0 spiro atoms. The molecule has 1 aromatic heterocycles. The molecule has 2 aromatic carbocycles. The molecule has 6 heteroatoms. The van der Waals surface area contributed by atoms with Gasteiger partial charge in [0.25, 0.3) is 5.91 Å². The number of rotatable bonds is 4. The smallest absolute Gasteiger partial charge is 0.259 e. The highest BCUT2D eigenvalue weighted by Crippen LogP contribution is 2.25. The molecule has 3 aromatic rings. The number of hydrogen-bond acceptors (Lipinski definition) is 2. The molecule has 0 fully saturated rings. The van der Waals surface area contributed by atoms with Gasteiger partial charge in [-0.3, -0.25) is 9.48 Å². The first kappa shape index (κ1) is 18.5. The maximum absolute atomic E-state index is 12.8. The lowest BCUT2D eigenvalue weighted by Crippen LogP contribution is -2.14. The van der Waals surface area contributed by atoms with Crippen LogP contribution in [0.2, 0.25) is 10.0 Å². The SMILES string of the molecule is Cc1ccc(NC(=O)c2c(C)nn(Cc3ccccc3Cl)c2C)c(Cl)c1. The molecule has 1 heterocycles. The van der Waals surface area contributed by atoms with Crippen LogP contribution in [0.5, 0.6) is 0 Å². The van der Waals surface area contributed by atoms with Crippen LogP contribution in [0, 0.1) is 20.8 Å². The normalized spacial score (nSPS) is 10.8. The van der Waals surface area contributed by atoms with Gasteiger partial charge in [-0.15, -0.1) is 0 Å². The van der Waals surface area contributed by atoms with E-state index in [0.717, 1.165) is 16.8 Å². The Kier molecular flexibility index (Phi) is 5.35. The zero-order valence-corrected chi connectivity index (χ0v) is 16.3. The number of nitrogens with one attached hydrogen (secondary N) is 1. The van der Waals surface area contributed by atoms with E-state index in [1.54, 1.807) is 10.7 Å². The average molecular weight is 388 g/mol. The molecule has 0 aliphatic rings. The Morgan fingerprint density at radius 3 is 2.50 bits per heavy atom. The standard InChI is InChI=1S/C20H19Cl2N3O/c1-12-8-9-18(17(22)10-12)23-20(26)19-13(2)24-25(14(19)3)11-15-6-4-5-7-16(15)21/h4-10H,11H2,1-3H3,(H,23,26). The van der Waals surface area contributed by atoms with Gasteiger partial charge in [0.15, 0.2) is 0 Å². The largest absolute Gasteiger partial charge is 0.321 e. The number of aryl methyl sites for hydroxylation is 2. The van der Waals surface area contributed by atoms with Crippen molar-refractivity contribution < 1.29 is 4.79 Å². The molecule has 4 nitrogen and oxygen atoms in total. The van der Waals surface area contributed by atoms with E-state index >= 15 is 0 Å². The molecule has 0 radical (unpaired) electrons. The summed E-state index contributed by atoms with van der Waals surface area (Å²) in [4.78, 5) is 12.8. The number of anilines is 1. The number of aromatic nitrogens is 2. The summed E-state index contributed by atoms with van der Waals surface area (Å²) in [5.74, 6) is -0.226. The lowest BCUT2D eigenvalue weighted by molar-refractivity contribution is 0.102. The number of carbonyl (C=O) groups is 1. The van der Waals surface area contributed by atoms with E-state index in [2.05, 4.69) is 10.4 Å². The van der Waals surface area contributed by atoms with Crippen molar-refractivity contribution in [3.63, 3.8) is 0 Å². The van der Waals surface area contributed by atoms with Crippen LogP contribution in [0.1, 0.15) is 32.9 Å². The van der Waals surface area contributed by atoms with Gasteiger partial charge in [0.05, 0.1) is 28.5 Å². The Balaban J connectivity index is 1.87. The number of benzene rings is 2. The predicted molar refractivity (Wildman–Crippen MR) is 106 cm³/mol. The summed E-state index contributed by atoms with van der Waals surface area (Å²) >= 11 is 12.5. The van der Waals surface area contributed by atoms with Crippen molar-refractivity contribution in [3.8, 4) is 0 Å². The van der Waals surface area contributed by atoms with E-state index in [0.29, 0.717) is 33.5 Å². The zero-order chi connectivity index (χ0) is 18.8. The van der Waals surface area contributed by atoms with Crippen molar-refractivity contribution in [1.29, 1.82) is 0 Å². The van der Waals surface area contributed by atoms with E-state index in [4.69, 9.17) is 23.2 Å². The molecule has 0 aliphatic carbocycles. The average Bonchev–Trinajstić information content (AvgIpc) is 2.86. The van der Waals surface area contributed by atoms with E-state index in [-0.39, 0.29) is 5.91 Å². The van der Waals surface area contributed by atoms with Crippen molar-refractivity contribution in [1.82, 2.24) is 9.78 Å². The van der Waals surface area contributed by atoms with Crippen LogP contribution in [0.4, 0.5) is 5.69 Å². The minimum absolute atomic E-state index is 0.226. The summed E-state index contributed by atoms with van der Waals surface area (Å²) in [6, 6.07) is 13.1. The summed E-state index contributed by atoms with van der Waals surface area (Å²) < 4.78 is 1.79. The Morgan fingerprint density at radius 2 is 1.81 bits per heavy atom. The Hall–Kier alpha value is -2.30. The highest BCUT2D eigenvalue weighted by atomic mass is 35.5. The van der Waals surface area contributed by atoms with Crippen molar-refractivity contribution >= 4 is 34.8 Å². The molecule has 0 saturated heterocycles. The maximum atomic E-state index is 12.8. The molecule has 0 saturated carbocycles. The zero-order valence-electron chi connectivity index (χ0n) is 14.8. The van der Waals surface area contributed by atoms with Gasteiger partial charge in [0.1, 0.15) is 0 Å². The lowest BCUT2D eigenvalue weighted by atomic mass is 10.1. The first-order valence-electron chi connectivity index (χ1n) is 8.21. The van der Waals surface area contributed by atoms with Crippen LogP contribution in [0.25, 0.3) is 0 Å². The summed E-state index contributed by atoms with van der Waals surface area (Å²) in [6.07, 6.45) is 0. The number of halogens is 2. The molecule has 0 aliphatic heterocycles. The van der Waals surface area contributed by atoms with Gasteiger partial charge >= 0.3 is 0 Å². The number of nitrogens with zero attached hydrogens (tertiary/aromatic N) is 2. The van der Waals surface area contributed by atoms with E-state index in [9.17, 15) is 4.79 Å². The Bertz CT molecular complexity index is 979. The quantitative estimate of drug-likeness (QED) is 0.649. The van der Waals surface area contributed by atoms with Crippen molar-refractivity contribution in [2.75, 3.05) is 5.32 Å². The molecule has 0 bridgehead atoms. The minimum atomic E-state index is -0.226. The molecule has 1 amide bonds. The predicted octanol–water partition coefficient (Wildman–Crippen LogP) is 5.42. The van der Waals surface area contributed by atoms with Crippen molar-refractivity contribution in [3.05, 3.63) is 80.6 Å². The molecule has 3 rings (SSSR count). The third-order valence-corrected chi connectivity index (χ3v) is 4.94. The first-order chi connectivity index (χ1) is 12.4. The molecular weight excluding hydrogens is 369 g/mol. The second-order valence-electron chi connectivity index (χ2n) is 6.23. The van der Waals surface area contributed by atoms with Crippen LogP contribution in [-0.2, 0) is 6.54 Å². The maximum Gasteiger partial charge on any atom is 0.259 e. The number of hydrogen-bond donors (Lipinski definition) is 1. The van der Waals surface area contributed by atoms with Crippen molar-refractivity contribution in [2.24, 2.45) is 0 Å². The third-order valence-electron chi connectivity index (χ3n) is 4.26. The second-order valence-corrected chi connectivity index (χ2v) is 7.05. The highest BCUT2D eigenvalue weighted by Gasteiger charge is 2.20. The highest BCUT2D eigenvalue weighted by molar-refractivity contribution is 6.34. The van der Waals surface area contributed by atoms with Crippen LogP contribution in [0.15, 0.2) is 42.5 Å².